The Kier molecular flexibility index (Phi) is 6.77. The first kappa shape index (κ1) is 19.5. The van der Waals surface area contributed by atoms with Crippen molar-refractivity contribution in [1.82, 2.24) is 4.90 Å². The second-order valence-electron chi connectivity index (χ2n) is 7.76. The Labute approximate surface area is 174 Å². The van der Waals surface area contributed by atoms with Crippen LogP contribution in [0.1, 0.15) is 41.5 Å². The molecule has 1 fully saturated rings. The van der Waals surface area contributed by atoms with Crippen LogP contribution in [-0.4, -0.2) is 18.0 Å². The molecule has 1 aliphatic heterocycles. The zero-order chi connectivity index (χ0) is 19.7. The van der Waals surface area contributed by atoms with E-state index in [2.05, 4.69) is 77.7 Å². The number of benzene rings is 3. The Morgan fingerprint density at radius 3 is 1.97 bits per heavy atom. The molecule has 4 rings (SSSR count). The van der Waals surface area contributed by atoms with E-state index in [9.17, 15) is 0 Å². The fourth-order valence-corrected chi connectivity index (χ4v) is 3.72. The lowest BCUT2D eigenvalue weighted by Crippen LogP contribution is -2.29. The van der Waals surface area contributed by atoms with Crippen molar-refractivity contribution in [3.05, 3.63) is 101 Å². The van der Waals surface area contributed by atoms with E-state index in [4.69, 9.17) is 4.74 Å². The van der Waals surface area contributed by atoms with Crippen molar-refractivity contribution in [3.63, 3.8) is 0 Å². The van der Waals surface area contributed by atoms with Crippen LogP contribution in [0.2, 0.25) is 0 Å². The molecule has 1 heterocycles. The molecule has 0 N–H and O–H groups in total. The van der Waals surface area contributed by atoms with Crippen LogP contribution in [0.25, 0.3) is 12.2 Å². The molecule has 0 atom stereocenters. The average Bonchev–Trinajstić information content (AvgIpc) is 2.79. The molecule has 3 aromatic carbocycles. The van der Waals surface area contributed by atoms with Crippen LogP contribution in [0.15, 0.2) is 78.9 Å². The van der Waals surface area contributed by atoms with E-state index in [1.807, 2.05) is 18.2 Å². The topological polar surface area (TPSA) is 12.5 Å². The van der Waals surface area contributed by atoms with Gasteiger partial charge in [0.2, 0.25) is 0 Å². The van der Waals surface area contributed by atoms with Crippen molar-refractivity contribution in [3.8, 4) is 5.75 Å². The lowest BCUT2D eigenvalue weighted by molar-refractivity contribution is 0.221. The summed E-state index contributed by atoms with van der Waals surface area (Å²) in [5, 5.41) is 0. The van der Waals surface area contributed by atoms with Gasteiger partial charge in [-0.3, -0.25) is 4.90 Å². The summed E-state index contributed by atoms with van der Waals surface area (Å²) < 4.78 is 5.97. The number of ether oxygens (including phenoxy) is 1. The van der Waals surface area contributed by atoms with Gasteiger partial charge < -0.3 is 4.74 Å². The molecule has 0 radical (unpaired) electrons. The fourth-order valence-electron chi connectivity index (χ4n) is 3.72. The monoisotopic (exact) mass is 383 g/mol. The van der Waals surface area contributed by atoms with Crippen LogP contribution in [0.4, 0.5) is 0 Å². The highest BCUT2D eigenvalue weighted by molar-refractivity contribution is 5.69. The van der Waals surface area contributed by atoms with Gasteiger partial charge in [0.05, 0.1) is 0 Å². The van der Waals surface area contributed by atoms with E-state index in [1.165, 1.54) is 54.6 Å². The van der Waals surface area contributed by atoms with Crippen LogP contribution in [-0.2, 0) is 13.2 Å². The van der Waals surface area contributed by atoms with Crippen molar-refractivity contribution in [2.24, 2.45) is 0 Å². The summed E-state index contributed by atoms with van der Waals surface area (Å²) in [7, 11) is 0. The minimum Gasteiger partial charge on any atom is -0.489 e. The third-order valence-corrected chi connectivity index (χ3v) is 5.43. The van der Waals surface area contributed by atoms with Crippen molar-refractivity contribution < 1.29 is 4.74 Å². The molecule has 1 aliphatic rings. The number of likely N-dealkylation sites (tertiary alicyclic amines) is 1. The van der Waals surface area contributed by atoms with Gasteiger partial charge in [-0.1, -0.05) is 85.3 Å². The average molecular weight is 384 g/mol. The van der Waals surface area contributed by atoms with E-state index in [0.29, 0.717) is 6.61 Å². The van der Waals surface area contributed by atoms with Gasteiger partial charge in [-0.05, 0) is 60.3 Å². The summed E-state index contributed by atoms with van der Waals surface area (Å²) >= 11 is 0. The lowest BCUT2D eigenvalue weighted by Gasteiger charge is -2.26. The second kappa shape index (κ2) is 10.1. The molecule has 29 heavy (non-hydrogen) atoms. The molecule has 0 spiro atoms. The number of piperidine rings is 1. The van der Waals surface area contributed by atoms with E-state index in [0.717, 1.165) is 12.3 Å². The summed E-state index contributed by atoms with van der Waals surface area (Å²) in [6.45, 7) is 4.14. The summed E-state index contributed by atoms with van der Waals surface area (Å²) in [6, 6.07) is 27.5. The summed E-state index contributed by atoms with van der Waals surface area (Å²) in [5.41, 5.74) is 4.98. The standard InChI is InChI=1S/C27H29NO/c1-3-7-23(8-4-1)9-10-24-15-17-27(18-16-24)29-22-26-13-11-25(12-14-26)21-28-19-5-2-6-20-28/h1,3-4,7-18H,2,5-6,19-22H2/b10-9+. The molecule has 2 nitrogen and oxygen atoms in total. The minimum absolute atomic E-state index is 0.600. The highest BCUT2D eigenvalue weighted by Crippen LogP contribution is 2.17. The molecule has 2 heteroatoms. The number of hydrogen-bond donors (Lipinski definition) is 0. The molecule has 148 valence electrons. The van der Waals surface area contributed by atoms with Crippen molar-refractivity contribution in [2.75, 3.05) is 13.1 Å². The number of hydrogen-bond acceptors (Lipinski definition) is 2. The largest absolute Gasteiger partial charge is 0.489 e. The van der Waals surface area contributed by atoms with Crippen LogP contribution in [0.3, 0.4) is 0 Å². The molecule has 0 saturated carbocycles. The highest BCUT2D eigenvalue weighted by Gasteiger charge is 2.10. The second-order valence-corrected chi connectivity index (χ2v) is 7.76. The smallest absolute Gasteiger partial charge is 0.119 e. The van der Waals surface area contributed by atoms with E-state index < -0.39 is 0 Å². The van der Waals surface area contributed by atoms with E-state index in [1.54, 1.807) is 0 Å². The first-order chi connectivity index (χ1) is 14.3. The summed E-state index contributed by atoms with van der Waals surface area (Å²) in [4.78, 5) is 2.56. The Hall–Kier alpha value is -2.84. The van der Waals surface area contributed by atoms with Gasteiger partial charge in [-0.25, -0.2) is 0 Å². The molecule has 0 bridgehead atoms. The van der Waals surface area contributed by atoms with Gasteiger partial charge >= 0.3 is 0 Å². The summed E-state index contributed by atoms with van der Waals surface area (Å²) in [5.74, 6) is 0.902. The van der Waals surface area contributed by atoms with Crippen LogP contribution in [0, 0.1) is 0 Å². The van der Waals surface area contributed by atoms with Crippen LogP contribution < -0.4 is 4.74 Å². The van der Waals surface area contributed by atoms with Gasteiger partial charge in [-0.15, -0.1) is 0 Å². The molecule has 0 aromatic heterocycles. The Morgan fingerprint density at radius 2 is 1.28 bits per heavy atom. The van der Waals surface area contributed by atoms with Crippen molar-refractivity contribution in [1.29, 1.82) is 0 Å². The normalized spacial score (nSPS) is 14.9. The minimum atomic E-state index is 0.600. The quantitative estimate of drug-likeness (QED) is 0.436. The van der Waals surface area contributed by atoms with Crippen molar-refractivity contribution >= 4 is 12.2 Å². The van der Waals surface area contributed by atoms with Crippen LogP contribution >= 0.6 is 0 Å². The van der Waals surface area contributed by atoms with Gasteiger partial charge in [0, 0.05) is 6.54 Å². The molecule has 3 aromatic rings. The molecule has 0 amide bonds. The first-order valence-electron chi connectivity index (χ1n) is 10.6. The van der Waals surface area contributed by atoms with E-state index in [-0.39, 0.29) is 0 Å². The van der Waals surface area contributed by atoms with Gasteiger partial charge in [-0.2, -0.15) is 0 Å². The Balaban J connectivity index is 1.27. The maximum atomic E-state index is 5.97. The Morgan fingerprint density at radius 1 is 0.655 bits per heavy atom. The fraction of sp³-hybridized carbons (Fsp3) is 0.259. The number of rotatable bonds is 7. The van der Waals surface area contributed by atoms with Gasteiger partial charge in [0.25, 0.3) is 0 Å². The molecule has 0 unspecified atom stereocenters. The van der Waals surface area contributed by atoms with E-state index >= 15 is 0 Å². The van der Waals surface area contributed by atoms with Gasteiger partial charge in [0.1, 0.15) is 12.4 Å². The molecule has 0 aliphatic carbocycles. The van der Waals surface area contributed by atoms with Crippen LogP contribution in [0.5, 0.6) is 5.75 Å². The Bertz CT molecular complexity index is 892. The third kappa shape index (κ3) is 6.07. The zero-order valence-corrected chi connectivity index (χ0v) is 17.0. The van der Waals surface area contributed by atoms with Crippen molar-refractivity contribution in [2.45, 2.75) is 32.4 Å². The lowest BCUT2D eigenvalue weighted by atomic mass is 10.1. The first-order valence-corrected chi connectivity index (χ1v) is 10.6. The molecular formula is C27H29NO. The van der Waals surface area contributed by atoms with Gasteiger partial charge in [0.15, 0.2) is 0 Å². The highest BCUT2D eigenvalue weighted by atomic mass is 16.5. The zero-order valence-electron chi connectivity index (χ0n) is 17.0. The predicted molar refractivity (Wildman–Crippen MR) is 122 cm³/mol. The maximum absolute atomic E-state index is 5.97. The third-order valence-electron chi connectivity index (χ3n) is 5.43. The SMILES string of the molecule is C(=C\c1ccc(OCc2ccc(CN3CCCCC3)cc2)cc1)/c1ccccc1. The predicted octanol–water partition coefficient (Wildman–Crippen LogP) is 6.42. The maximum Gasteiger partial charge on any atom is 0.119 e. The summed E-state index contributed by atoms with van der Waals surface area (Å²) in [6.07, 6.45) is 8.32. The molecular weight excluding hydrogens is 354 g/mol. The number of nitrogens with zero attached hydrogens (tertiary/aromatic N) is 1. The molecule has 1 saturated heterocycles.